The SMILES string of the molecule is CNS(=O)(=O)c1ccc(NCc2ccno2)cc1N. The van der Waals surface area contributed by atoms with Crippen LogP contribution in [0.2, 0.25) is 0 Å². The Labute approximate surface area is 110 Å². The molecule has 2 aromatic rings. The maximum Gasteiger partial charge on any atom is 0.242 e. The standard InChI is InChI=1S/C11H14N4O3S/c1-13-19(16,17)11-3-2-8(6-10(11)12)14-7-9-4-5-15-18-9/h2-6,13-14H,7,12H2,1H3. The van der Waals surface area contributed by atoms with Gasteiger partial charge in [0.15, 0.2) is 5.76 Å². The predicted molar refractivity (Wildman–Crippen MR) is 70.9 cm³/mol. The van der Waals surface area contributed by atoms with Crippen molar-refractivity contribution >= 4 is 21.4 Å². The highest BCUT2D eigenvalue weighted by molar-refractivity contribution is 7.89. The third kappa shape index (κ3) is 3.04. The van der Waals surface area contributed by atoms with Gasteiger partial charge in [0.05, 0.1) is 18.4 Å². The van der Waals surface area contributed by atoms with Crippen molar-refractivity contribution < 1.29 is 12.9 Å². The molecule has 1 heterocycles. The lowest BCUT2D eigenvalue weighted by atomic mass is 10.3. The molecule has 0 radical (unpaired) electrons. The molecule has 1 aromatic carbocycles. The van der Waals surface area contributed by atoms with Crippen molar-refractivity contribution in [3.8, 4) is 0 Å². The fourth-order valence-electron chi connectivity index (χ4n) is 1.54. The Morgan fingerprint density at radius 2 is 2.16 bits per heavy atom. The van der Waals surface area contributed by atoms with E-state index in [9.17, 15) is 8.42 Å². The molecule has 0 saturated heterocycles. The Morgan fingerprint density at radius 1 is 1.37 bits per heavy atom. The fraction of sp³-hybridized carbons (Fsp3) is 0.182. The van der Waals surface area contributed by atoms with Gasteiger partial charge in [-0.1, -0.05) is 5.16 Å². The van der Waals surface area contributed by atoms with Gasteiger partial charge in [0.1, 0.15) is 4.90 Å². The summed E-state index contributed by atoms with van der Waals surface area (Å²) < 4.78 is 30.4. The molecule has 2 rings (SSSR count). The molecule has 1 aromatic heterocycles. The van der Waals surface area contributed by atoms with Gasteiger partial charge in [-0.25, -0.2) is 13.1 Å². The number of nitrogens with two attached hydrogens (primary N) is 1. The molecule has 0 unspecified atom stereocenters. The van der Waals surface area contributed by atoms with Crippen molar-refractivity contribution in [1.82, 2.24) is 9.88 Å². The van der Waals surface area contributed by atoms with Crippen molar-refractivity contribution in [3.63, 3.8) is 0 Å². The van der Waals surface area contributed by atoms with Crippen molar-refractivity contribution in [2.75, 3.05) is 18.1 Å². The molecule has 0 atom stereocenters. The monoisotopic (exact) mass is 282 g/mol. The van der Waals surface area contributed by atoms with E-state index in [4.69, 9.17) is 10.3 Å². The minimum absolute atomic E-state index is 0.0558. The number of hydrogen-bond acceptors (Lipinski definition) is 6. The van der Waals surface area contributed by atoms with Gasteiger partial charge in [0, 0.05) is 11.8 Å². The van der Waals surface area contributed by atoms with Crippen LogP contribution in [0, 0.1) is 0 Å². The van der Waals surface area contributed by atoms with Crippen molar-refractivity contribution in [1.29, 1.82) is 0 Å². The Kier molecular flexibility index (Phi) is 3.72. The number of anilines is 2. The molecule has 0 bridgehead atoms. The van der Waals surface area contributed by atoms with Crippen LogP contribution in [0.1, 0.15) is 5.76 Å². The molecular weight excluding hydrogens is 268 g/mol. The molecule has 0 aliphatic heterocycles. The maximum absolute atomic E-state index is 11.6. The first-order chi connectivity index (χ1) is 9.03. The van der Waals surface area contributed by atoms with E-state index >= 15 is 0 Å². The summed E-state index contributed by atoms with van der Waals surface area (Å²) in [6.07, 6.45) is 1.55. The summed E-state index contributed by atoms with van der Waals surface area (Å²) in [5, 5.41) is 6.64. The first kappa shape index (κ1) is 13.4. The zero-order valence-corrected chi connectivity index (χ0v) is 11.1. The van der Waals surface area contributed by atoms with E-state index in [-0.39, 0.29) is 10.6 Å². The smallest absolute Gasteiger partial charge is 0.242 e. The number of nitrogens with zero attached hydrogens (tertiary/aromatic N) is 1. The second-order valence-corrected chi connectivity index (χ2v) is 5.65. The van der Waals surface area contributed by atoms with Gasteiger partial charge in [-0.2, -0.15) is 0 Å². The van der Waals surface area contributed by atoms with E-state index in [1.54, 1.807) is 24.4 Å². The van der Waals surface area contributed by atoms with Crippen LogP contribution in [0.4, 0.5) is 11.4 Å². The summed E-state index contributed by atoms with van der Waals surface area (Å²) >= 11 is 0. The Hall–Kier alpha value is -2.06. The summed E-state index contributed by atoms with van der Waals surface area (Å²) in [7, 11) is -2.20. The van der Waals surface area contributed by atoms with Crippen LogP contribution in [-0.2, 0) is 16.6 Å². The van der Waals surface area contributed by atoms with E-state index in [1.165, 1.54) is 13.1 Å². The van der Waals surface area contributed by atoms with Crippen LogP contribution >= 0.6 is 0 Å². The summed E-state index contributed by atoms with van der Waals surface area (Å²) in [5.74, 6) is 0.672. The largest absolute Gasteiger partial charge is 0.398 e. The molecule has 0 fully saturated rings. The Balaban J connectivity index is 2.15. The van der Waals surface area contributed by atoms with Crippen molar-refractivity contribution in [3.05, 3.63) is 36.2 Å². The van der Waals surface area contributed by atoms with Gasteiger partial charge in [0.25, 0.3) is 0 Å². The summed E-state index contributed by atoms with van der Waals surface area (Å²) in [6, 6.07) is 6.37. The molecule has 102 valence electrons. The number of rotatable bonds is 5. The number of hydrogen-bond donors (Lipinski definition) is 3. The molecule has 19 heavy (non-hydrogen) atoms. The van der Waals surface area contributed by atoms with Gasteiger partial charge in [-0.15, -0.1) is 0 Å². The van der Waals surface area contributed by atoms with Crippen molar-refractivity contribution in [2.45, 2.75) is 11.4 Å². The summed E-state index contributed by atoms with van der Waals surface area (Å²) in [4.78, 5) is 0.0558. The molecule has 0 aliphatic carbocycles. The summed E-state index contributed by atoms with van der Waals surface area (Å²) in [5.41, 5.74) is 6.61. The number of benzene rings is 1. The fourth-order valence-corrected chi connectivity index (χ4v) is 2.37. The first-order valence-electron chi connectivity index (χ1n) is 5.49. The number of sulfonamides is 1. The highest BCUT2D eigenvalue weighted by Crippen LogP contribution is 2.22. The molecule has 7 nitrogen and oxygen atoms in total. The highest BCUT2D eigenvalue weighted by Gasteiger charge is 2.15. The van der Waals surface area contributed by atoms with E-state index in [2.05, 4.69) is 15.2 Å². The zero-order valence-electron chi connectivity index (χ0n) is 10.3. The first-order valence-corrected chi connectivity index (χ1v) is 6.98. The van der Waals surface area contributed by atoms with Crippen molar-refractivity contribution in [2.24, 2.45) is 0 Å². The lowest BCUT2D eigenvalue weighted by Crippen LogP contribution is -2.20. The molecule has 8 heteroatoms. The molecule has 0 saturated carbocycles. The van der Waals surface area contributed by atoms with E-state index in [0.29, 0.717) is 18.0 Å². The van der Waals surface area contributed by atoms with Crippen LogP contribution in [-0.4, -0.2) is 20.6 Å². The number of nitrogen functional groups attached to an aromatic ring is 1. The van der Waals surface area contributed by atoms with Gasteiger partial charge >= 0.3 is 0 Å². The number of nitrogens with one attached hydrogen (secondary N) is 2. The molecule has 4 N–H and O–H groups in total. The highest BCUT2D eigenvalue weighted by atomic mass is 32.2. The Morgan fingerprint density at radius 3 is 2.74 bits per heavy atom. The van der Waals surface area contributed by atoms with Crippen LogP contribution in [0.3, 0.4) is 0 Å². The lowest BCUT2D eigenvalue weighted by Gasteiger charge is -2.09. The van der Waals surface area contributed by atoms with Crippen LogP contribution < -0.4 is 15.8 Å². The third-order valence-corrected chi connectivity index (χ3v) is 4.01. The van der Waals surface area contributed by atoms with Gasteiger partial charge in [0.2, 0.25) is 10.0 Å². The second kappa shape index (κ2) is 5.29. The van der Waals surface area contributed by atoms with Gasteiger partial charge in [-0.3, -0.25) is 0 Å². The minimum Gasteiger partial charge on any atom is -0.398 e. The van der Waals surface area contributed by atoms with Gasteiger partial charge < -0.3 is 15.6 Å². The number of aromatic nitrogens is 1. The molecule has 0 amide bonds. The topological polar surface area (TPSA) is 110 Å². The average Bonchev–Trinajstić information content (AvgIpc) is 2.89. The summed E-state index contributed by atoms with van der Waals surface area (Å²) in [6.45, 7) is 0.442. The maximum atomic E-state index is 11.6. The van der Waals surface area contributed by atoms with Crippen LogP contribution in [0.15, 0.2) is 39.9 Å². The zero-order chi connectivity index (χ0) is 13.9. The van der Waals surface area contributed by atoms with E-state index < -0.39 is 10.0 Å². The molecule has 0 aliphatic rings. The lowest BCUT2D eigenvalue weighted by molar-refractivity contribution is 0.388. The average molecular weight is 282 g/mol. The normalized spacial score (nSPS) is 11.4. The predicted octanol–water partition coefficient (Wildman–Crippen LogP) is 0.777. The molecule has 0 spiro atoms. The van der Waals surface area contributed by atoms with Crippen LogP contribution in [0.25, 0.3) is 0 Å². The quantitative estimate of drug-likeness (QED) is 0.699. The van der Waals surface area contributed by atoms with Crippen LogP contribution in [0.5, 0.6) is 0 Å². The van der Waals surface area contributed by atoms with E-state index in [0.717, 1.165) is 0 Å². The molecular formula is C11H14N4O3S. The third-order valence-electron chi connectivity index (χ3n) is 2.53. The minimum atomic E-state index is -3.54. The Bertz CT molecular complexity index is 653. The van der Waals surface area contributed by atoms with E-state index in [1.807, 2.05) is 0 Å². The van der Waals surface area contributed by atoms with Gasteiger partial charge in [-0.05, 0) is 25.2 Å². The second-order valence-electron chi connectivity index (χ2n) is 3.79.